The van der Waals surface area contributed by atoms with Crippen molar-refractivity contribution in [2.45, 2.75) is 44.7 Å². The molecule has 4 nitrogen and oxygen atoms in total. The molecule has 1 fully saturated rings. The van der Waals surface area contributed by atoms with Crippen LogP contribution in [0.2, 0.25) is 0 Å². The Morgan fingerprint density at radius 2 is 2.00 bits per heavy atom. The minimum atomic E-state index is 0. The molecule has 0 aliphatic carbocycles. The van der Waals surface area contributed by atoms with Crippen molar-refractivity contribution in [2.24, 2.45) is 5.73 Å². The fourth-order valence-corrected chi connectivity index (χ4v) is 2.11. The number of hydrogen-bond donors (Lipinski definition) is 1. The average molecular weight is 264 g/mol. The summed E-state index contributed by atoms with van der Waals surface area (Å²) in [6.07, 6.45) is 3.56. The van der Waals surface area contributed by atoms with Gasteiger partial charge in [-0.3, -0.25) is 4.79 Å². The van der Waals surface area contributed by atoms with Crippen LogP contribution in [0.3, 0.4) is 0 Å². The summed E-state index contributed by atoms with van der Waals surface area (Å²) in [6, 6.07) is 0.548. The van der Waals surface area contributed by atoms with E-state index < -0.39 is 0 Å². The van der Waals surface area contributed by atoms with Gasteiger partial charge in [-0.1, -0.05) is 0 Å². The second kappa shape index (κ2) is 7.90. The van der Waals surface area contributed by atoms with Gasteiger partial charge in [0.1, 0.15) is 0 Å². The Morgan fingerprint density at radius 1 is 1.47 bits per heavy atom. The van der Waals surface area contributed by atoms with Crippen LogP contribution >= 0.6 is 12.4 Å². The summed E-state index contributed by atoms with van der Waals surface area (Å²) >= 11 is 0. The van der Waals surface area contributed by atoms with Gasteiger partial charge in [-0.05, 0) is 46.3 Å². The monoisotopic (exact) mass is 263 g/mol. The number of likely N-dealkylation sites (tertiary alicyclic amines) is 1. The van der Waals surface area contributed by atoms with Gasteiger partial charge < -0.3 is 15.5 Å². The number of halogens is 1. The van der Waals surface area contributed by atoms with Crippen molar-refractivity contribution in [3.05, 3.63) is 0 Å². The van der Waals surface area contributed by atoms with Gasteiger partial charge >= 0.3 is 0 Å². The standard InChI is InChI=1S/C12H25N3O.ClH/c1-10(13)4-5-12(16)15(3)11-6-8-14(2)9-7-11;/h10-11H,4-9,13H2,1-3H3;1H. The minimum absolute atomic E-state index is 0. The predicted molar refractivity (Wildman–Crippen MR) is 73.4 cm³/mol. The second-order valence-corrected chi connectivity index (χ2v) is 5.06. The lowest BCUT2D eigenvalue weighted by molar-refractivity contribution is -0.133. The number of amides is 1. The maximum Gasteiger partial charge on any atom is 0.222 e. The van der Waals surface area contributed by atoms with Crippen molar-refractivity contribution in [1.29, 1.82) is 0 Å². The van der Waals surface area contributed by atoms with Gasteiger partial charge in [0.15, 0.2) is 0 Å². The lowest BCUT2D eigenvalue weighted by atomic mass is 10.0. The Balaban J connectivity index is 0.00000256. The van der Waals surface area contributed by atoms with Crippen LogP contribution in [0.25, 0.3) is 0 Å². The molecule has 2 N–H and O–H groups in total. The summed E-state index contributed by atoms with van der Waals surface area (Å²) in [7, 11) is 4.06. The maximum absolute atomic E-state index is 11.9. The third-order valence-electron chi connectivity index (χ3n) is 3.44. The van der Waals surface area contributed by atoms with Crippen LogP contribution in [0.4, 0.5) is 0 Å². The molecule has 5 heteroatoms. The van der Waals surface area contributed by atoms with E-state index in [1.807, 2.05) is 18.9 Å². The molecule has 0 saturated carbocycles. The van der Waals surface area contributed by atoms with E-state index >= 15 is 0 Å². The van der Waals surface area contributed by atoms with Crippen molar-refractivity contribution in [3.63, 3.8) is 0 Å². The maximum atomic E-state index is 11.9. The summed E-state index contributed by atoms with van der Waals surface area (Å²) in [4.78, 5) is 16.1. The first kappa shape index (κ1) is 16.7. The molecule has 0 aromatic carbocycles. The SMILES string of the molecule is CC(N)CCC(=O)N(C)C1CCN(C)CC1.Cl. The van der Waals surface area contributed by atoms with Crippen LogP contribution in [0.1, 0.15) is 32.6 Å². The van der Waals surface area contributed by atoms with Gasteiger partial charge in [0.05, 0.1) is 0 Å². The van der Waals surface area contributed by atoms with E-state index in [9.17, 15) is 4.79 Å². The van der Waals surface area contributed by atoms with E-state index in [1.165, 1.54) is 0 Å². The molecule has 1 heterocycles. The number of rotatable bonds is 4. The van der Waals surface area contributed by atoms with Crippen LogP contribution in [-0.2, 0) is 4.79 Å². The molecule has 102 valence electrons. The summed E-state index contributed by atoms with van der Waals surface area (Å²) < 4.78 is 0. The average Bonchev–Trinajstić information content (AvgIpc) is 2.26. The van der Waals surface area contributed by atoms with Crippen molar-refractivity contribution >= 4 is 18.3 Å². The van der Waals surface area contributed by atoms with Gasteiger partial charge in [-0.15, -0.1) is 12.4 Å². The molecular weight excluding hydrogens is 238 g/mol. The van der Waals surface area contributed by atoms with Crippen LogP contribution in [-0.4, -0.2) is 55.0 Å². The third-order valence-corrected chi connectivity index (χ3v) is 3.44. The molecule has 0 radical (unpaired) electrons. The predicted octanol–water partition coefficient (Wildman–Crippen LogP) is 1.09. The van der Waals surface area contributed by atoms with E-state index in [0.717, 1.165) is 32.4 Å². The van der Waals surface area contributed by atoms with Gasteiger partial charge in [0, 0.05) is 25.6 Å². The van der Waals surface area contributed by atoms with Crippen LogP contribution in [0.5, 0.6) is 0 Å². The Kier molecular flexibility index (Phi) is 7.75. The normalized spacial score (nSPS) is 19.5. The van der Waals surface area contributed by atoms with Crippen molar-refractivity contribution in [3.8, 4) is 0 Å². The highest BCUT2D eigenvalue weighted by atomic mass is 35.5. The molecule has 1 saturated heterocycles. The molecule has 1 aliphatic rings. The summed E-state index contributed by atoms with van der Waals surface area (Å²) in [5, 5.41) is 0. The fraction of sp³-hybridized carbons (Fsp3) is 0.917. The minimum Gasteiger partial charge on any atom is -0.343 e. The molecule has 1 rings (SSSR count). The van der Waals surface area contributed by atoms with Gasteiger partial charge in [0.2, 0.25) is 5.91 Å². The summed E-state index contributed by atoms with van der Waals surface area (Å²) in [6.45, 7) is 4.13. The smallest absolute Gasteiger partial charge is 0.222 e. The van der Waals surface area contributed by atoms with E-state index in [4.69, 9.17) is 5.73 Å². The molecule has 0 aromatic rings. The Morgan fingerprint density at radius 3 is 2.47 bits per heavy atom. The molecule has 1 atom stereocenters. The summed E-state index contributed by atoms with van der Waals surface area (Å²) in [5.74, 6) is 0.242. The topological polar surface area (TPSA) is 49.6 Å². The van der Waals surface area contributed by atoms with Gasteiger partial charge in [-0.2, -0.15) is 0 Å². The summed E-state index contributed by atoms with van der Waals surface area (Å²) in [5.41, 5.74) is 5.66. The molecule has 1 aliphatic heterocycles. The zero-order valence-corrected chi connectivity index (χ0v) is 12.0. The van der Waals surface area contributed by atoms with Crippen molar-refractivity contribution in [1.82, 2.24) is 9.80 Å². The number of carbonyl (C=O) groups is 1. The zero-order chi connectivity index (χ0) is 12.1. The zero-order valence-electron chi connectivity index (χ0n) is 11.2. The molecule has 1 amide bonds. The molecular formula is C12H26ClN3O. The number of hydrogen-bond acceptors (Lipinski definition) is 3. The molecule has 0 spiro atoms. The first-order valence-corrected chi connectivity index (χ1v) is 6.20. The highest BCUT2D eigenvalue weighted by Crippen LogP contribution is 2.15. The first-order chi connectivity index (χ1) is 7.50. The van der Waals surface area contributed by atoms with Gasteiger partial charge in [-0.25, -0.2) is 0 Å². The lowest BCUT2D eigenvalue weighted by Crippen LogP contribution is -2.44. The van der Waals surface area contributed by atoms with Crippen LogP contribution in [0.15, 0.2) is 0 Å². The Labute approximate surface area is 111 Å². The Hall–Kier alpha value is -0.320. The van der Waals surface area contributed by atoms with E-state index in [-0.39, 0.29) is 24.4 Å². The first-order valence-electron chi connectivity index (χ1n) is 6.20. The van der Waals surface area contributed by atoms with E-state index in [2.05, 4.69) is 11.9 Å². The highest BCUT2D eigenvalue weighted by molar-refractivity contribution is 5.85. The molecule has 0 bridgehead atoms. The number of nitrogens with two attached hydrogens (primary N) is 1. The molecule has 0 aromatic heterocycles. The van der Waals surface area contributed by atoms with E-state index in [0.29, 0.717) is 12.5 Å². The Bertz CT molecular complexity index is 228. The van der Waals surface area contributed by atoms with Crippen LogP contribution < -0.4 is 5.73 Å². The molecule has 1 unspecified atom stereocenters. The highest BCUT2D eigenvalue weighted by Gasteiger charge is 2.23. The lowest BCUT2D eigenvalue weighted by Gasteiger charge is -2.35. The van der Waals surface area contributed by atoms with Crippen molar-refractivity contribution in [2.75, 3.05) is 27.2 Å². The largest absolute Gasteiger partial charge is 0.343 e. The number of nitrogens with zero attached hydrogens (tertiary/aromatic N) is 2. The van der Waals surface area contributed by atoms with E-state index in [1.54, 1.807) is 0 Å². The third kappa shape index (κ3) is 5.70. The fourth-order valence-electron chi connectivity index (χ4n) is 2.11. The van der Waals surface area contributed by atoms with Crippen LogP contribution in [0, 0.1) is 0 Å². The number of carbonyl (C=O) groups excluding carboxylic acids is 1. The molecule has 17 heavy (non-hydrogen) atoms. The second-order valence-electron chi connectivity index (χ2n) is 5.06. The van der Waals surface area contributed by atoms with Gasteiger partial charge in [0.25, 0.3) is 0 Å². The number of piperidine rings is 1. The quantitative estimate of drug-likeness (QED) is 0.826. The van der Waals surface area contributed by atoms with Crippen molar-refractivity contribution < 1.29 is 4.79 Å².